The van der Waals surface area contributed by atoms with Gasteiger partial charge in [0.1, 0.15) is 0 Å². The molecule has 0 aliphatic rings. The fraction of sp³-hybridized carbons (Fsp3) is 1.00. The van der Waals surface area contributed by atoms with Crippen molar-refractivity contribution in [1.29, 1.82) is 0 Å². The second-order valence-electron chi connectivity index (χ2n) is 16.2. The van der Waals surface area contributed by atoms with E-state index in [0.717, 1.165) is 13.1 Å². The number of aliphatic hydroxyl groups is 2. The molecule has 0 radical (unpaired) electrons. The third kappa shape index (κ3) is 44.0. The Labute approximate surface area is 311 Å². The molecular weight excluding hydrogens is 599 g/mol. The molecule has 2 N–H and O–H groups in total. The van der Waals surface area contributed by atoms with E-state index < -0.39 is 6.29 Å². The Hall–Kier alpha value is -0.120. The lowest BCUT2D eigenvalue weighted by molar-refractivity contribution is -0.0616. The Balaban J connectivity index is 3.41. The fourth-order valence-corrected chi connectivity index (χ4v) is 7.71. The lowest BCUT2D eigenvalue weighted by atomic mass is 10.0. The predicted molar refractivity (Wildman–Crippen MR) is 221 cm³/mol. The van der Waals surface area contributed by atoms with Gasteiger partial charge in [-0.25, -0.2) is 0 Å². The number of aliphatic hydroxyl groups excluding tert-OH is 1. The molecule has 3 nitrogen and oxygen atoms in total. The Morgan fingerprint density at radius 2 is 0.429 bits per heavy atom. The van der Waals surface area contributed by atoms with Gasteiger partial charge in [0.25, 0.3) is 0 Å². The van der Waals surface area contributed by atoms with Crippen molar-refractivity contribution in [2.24, 2.45) is 0 Å². The normalized spacial score (nSPS) is 11.9. The van der Waals surface area contributed by atoms with Crippen molar-refractivity contribution < 1.29 is 10.2 Å². The summed E-state index contributed by atoms with van der Waals surface area (Å²) in [4.78, 5) is 2.30. The molecule has 0 saturated carbocycles. The zero-order chi connectivity index (χ0) is 35.6. The van der Waals surface area contributed by atoms with Crippen molar-refractivity contribution >= 4 is 0 Å². The van der Waals surface area contributed by atoms with Gasteiger partial charge in [-0.2, -0.15) is 0 Å². The number of hydrogen-bond donors (Lipinski definition) is 2. The smallest absolute Gasteiger partial charge is 0.164 e. The maximum atomic E-state index is 9.57. The molecule has 0 atom stereocenters. The van der Waals surface area contributed by atoms with Gasteiger partial charge in [-0.15, -0.1) is 0 Å². The summed E-state index contributed by atoms with van der Waals surface area (Å²) in [7, 11) is 0. The van der Waals surface area contributed by atoms with Gasteiger partial charge in [-0.3, -0.25) is 4.90 Å². The van der Waals surface area contributed by atoms with Gasteiger partial charge >= 0.3 is 0 Å². The van der Waals surface area contributed by atoms with Crippen LogP contribution in [0.3, 0.4) is 0 Å². The highest BCUT2D eigenvalue weighted by atomic mass is 16.5. The lowest BCUT2D eigenvalue weighted by Gasteiger charge is -2.23. The first-order valence-corrected chi connectivity index (χ1v) is 23.3. The van der Waals surface area contributed by atoms with Gasteiger partial charge in [0.15, 0.2) is 6.29 Å². The van der Waals surface area contributed by atoms with Crippen LogP contribution in [0.25, 0.3) is 0 Å². The van der Waals surface area contributed by atoms with Crippen LogP contribution in [0.5, 0.6) is 0 Å². The molecule has 0 aromatic heterocycles. The molecular formula is C46H95NO2. The first-order valence-electron chi connectivity index (χ1n) is 23.3. The van der Waals surface area contributed by atoms with Crippen molar-refractivity contribution in [2.45, 2.75) is 277 Å². The lowest BCUT2D eigenvalue weighted by Crippen LogP contribution is -2.34. The summed E-state index contributed by atoms with van der Waals surface area (Å²) in [5, 5.41) is 19.1. The third-order valence-electron chi connectivity index (χ3n) is 11.1. The molecule has 0 fully saturated rings. The van der Waals surface area contributed by atoms with E-state index in [2.05, 4.69) is 18.7 Å². The minimum atomic E-state index is -1.20. The molecule has 0 bridgehead atoms. The van der Waals surface area contributed by atoms with E-state index in [1.165, 1.54) is 257 Å². The van der Waals surface area contributed by atoms with Crippen molar-refractivity contribution in [3.05, 3.63) is 0 Å². The van der Waals surface area contributed by atoms with Crippen LogP contribution in [-0.4, -0.2) is 41.0 Å². The molecule has 0 spiro atoms. The van der Waals surface area contributed by atoms with E-state index in [4.69, 9.17) is 0 Å². The second kappa shape index (κ2) is 44.0. The summed E-state index contributed by atoms with van der Waals surface area (Å²) in [6, 6.07) is 0. The van der Waals surface area contributed by atoms with Gasteiger partial charge in [-0.05, 0) is 25.9 Å². The van der Waals surface area contributed by atoms with Crippen LogP contribution in [0.2, 0.25) is 0 Å². The Bertz CT molecular complexity index is 523. The first kappa shape index (κ1) is 48.9. The maximum absolute atomic E-state index is 9.57. The highest BCUT2D eigenvalue weighted by Crippen LogP contribution is 2.17. The number of nitrogens with zero attached hydrogens (tertiary/aromatic N) is 1. The van der Waals surface area contributed by atoms with Gasteiger partial charge in [0.2, 0.25) is 0 Å². The van der Waals surface area contributed by atoms with Crippen molar-refractivity contribution in [3.63, 3.8) is 0 Å². The molecule has 0 aliphatic carbocycles. The molecule has 0 rings (SSSR count). The van der Waals surface area contributed by atoms with Crippen molar-refractivity contribution in [2.75, 3.05) is 19.6 Å². The van der Waals surface area contributed by atoms with Crippen LogP contribution in [0.15, 0.2) is 0 Å². The van der Waals surface area contributed by atoms with Crippen LogP contribution in [0.1, 0.15) is 271 Å². The maximum Gasteiger partial charge on any atom is 0.164 e. The topological polar surface area (TPSA) is 43.7 Å². The zero-order valence-electron chi connectivity index (χ0n) is 34.3. The standard InChI is InChI=1S/C46H95NO2/c1-3-5-7-9-11-13-15-17-19-21-23-25-27-29-31-33-35-37-39-41-43-47(45-46(48)49)44-42-40-38-36-34-32-30-28-26-24-22-20-18-16-14-12-10-8-6-4-2/h46,48-49H,3-45H2,1-2H3. The summed E-state index contributed by atoms with van der Waals surface area (Å²) in [5.74, 6) is 0. The molecule has 3 heteroatoms. The SMILES string of the molecule is CCCCCCCCCCCCCCCCCCCCCCN(CCCCCCCCCCCCCCCCCCCCCC)CC(O)O. The average Bonchev–Trinajstić information content (AvgIpc) is 3.09. The zero-order valence-corrected chi connectivity index (χ0v) is 34.3. The summed E-state index contributed by atoms with van der Waals surface area (Å²) in [6.45, 7) is 7.06. The molecule has 0 heterocycles. The molecule has 0 aliphatic heterocycles. The monoisotopic (exact) mass is 694 g/mol. The molecule has 0 saturated heterocycles. The van der Waals surface area contributed by atoms with Gasteiger partial charge in [-0.1, -0.05) is 258 Å². The number of rotatable bonds is 44. The third-order valence-corrected chi connectivity index (χ3v) is 11.1. The van der Waals surface area contributed by atoms with E-state index in [0.29, 0.717) is 6.54 Å². The largest absolute Gasteiger partial charge is 0.367 e. The minimum Gasteiger partial charge on any atom is -0.367 e. The number of unbranched alkanes of at least 4 members (excludes halogenated alkanes) is 38. The van der Waals surface area contributed by atoms with Crippen LogP contribution >= 0.6 is 0 Å². The summed E-state index contributed by atoms with van der Waals surface area (Å²) >= 11 is 0. The fourth-order valence-electron chi connectivity index (χ4n) is 7.71. The van der Waals surface area contributed by atoms with E-state index in [-0.39, 0.29) is 0 Å². The molecule has 0 aromatic rings. The van der Waals surface area contributed by atoms with E-state index in [1.807, 2.05) is 0 Å². The second-order valence-corrected chi connectivity index (χ2v) is 16.2. The Morgan fingerprint density at radius 1 is 0.265 bits per heavy atom. The Kier molecular flexibility index (Phi) is 43.9. The van der Waals surface area contributed by atoms with Crippen molar-refractivity contribution in [3.8, 4) is 0 Å². The summed E-state index contributed by atoms with van der Waals surface area (Å²) < 4.78 is 0. The van der Waals surface area contributed by atoms with E-state index in [9.17, 15) is 10.2 Å². The molecule has 296 valence electrons. The molecule has 0 unspecified atom stereocenters. The number of hydrogen-bond acceptors (Lipinski definition) is 3. The van der Waals surface area contributed by atoms with Crippen molar-refractivity contribution in [1.82, 2.24) is 4.90 Å². The van der Waals surface area contributed by atoms with E-state index >= 15 is 0 Å². The summed E-state index contributed by atoms with van der Waals surface area (Å²) in [5.41, 5.74) is 0. The Morgan fingerprint density at radius 3 is 0.592 bits per heavy atom. The molecule has 0 amide bonds. The predicted octanol–water partition coefficient (Wildman–Crippen LogP) is 15.2. The minimum absolute atomic E-state index is 0.415. The van der Waals surface area contributed by atoms with Crippen LogP contribution in [0.4, 0.5) is 0 Å². The quantitative estimate of drug-likeness (QED) is 0.0493. The highest BCUT2D eigenvalue weighted by molar-refractivity contribution is 4.61. The highest BCUT2D eigenvalue weighted by Gasteiger charge is 2.09. The van der Waals surface area contributed by atoms with Crippen LogP contribution in [0, 0.1) is 0 Å². The van der Waals surface area contributed by atoms with Gasteiger partial charge in [0, 0.05) is 6.54 Å². The van der Waals surface area contributed by atoms with E-state index in [1.54, 1.807) is 0 Å². The molecule has 0 aromatic carbocycles. The van der Waals surface area contributed by atoms with Gasteiger partial charge in [0.05, 0.1) is 0 Å². The van der Waals surface area contributed by atoms with Gasteiger partial charge < -0.3 is 10.2 Å². The van der Waals surface area contributed by atoms with Crippen LogP contribution < -0.4 is 0 Å². The summed E-state index contributed by atoms with van der Waals surface area (Å²) in [6.07, 6.45) is 55.3. The first-order chi connectivity index (χ1) is 24.2. The molecule has 49 heavy (non-hydrogen) atoms. The van der Waals surface area contributed by atoms with Crippen LogP contribution in [-0.2, 0) is 0 Å². The average molecular weight is 694 g/mol.